The Morgan fingerprint density at radius 2 is 2.38 bits per heavy atom. The van der Waals surface area contributed by atoms with Gasteiger partial charge in [0.25, 0.3) is 0 Å². The third-order valence-corrected chi connectivity index (χ3v) is 3.88. The standard InChI is InChI=1S/C12H13BrN2O/c1-8-3-2-4-10-14-11(12(13)15(8)10)9-5-6-16-7-9/h2-4,9H,5-7H2,1H3. The molecule has 84 valence electrons. The second-order valence-electron chi connectivity index (χ2n) is 4.21. The van der Waals surface area contributed by atoms with Gasteiger partial charge in [0, 0.05) is 18.2 Å². The quantitative estimate of drug-likeness (QED) is 0.803. The van der Waals surface area contributed by atoms with E-state index in [1.54, 1.807) is 0 Å². The van der Waals surface area contributed by atoms with Crippen LogP contribution in [0.3, 0.4) is 0 Å². The van der Waals surface area contributed by atoms with Crippen LogP contribution in [0.1, 0.15) is 23.7 Å². The summed E-state index contributed by atoms with van der Waals surface area (Å²) in [5.74, 6) is 0.439. The molecule has 0 bridgehead atoms. The van der Waals surface area contributed by atoms with Crippen molar-refractivity contribution in [2.45, 2.75) is 19.3 Å². The van der Waals surface area contributed by atoms with E-state index in [1.807, 2.05) is 12.1 Å². The molecule has 2 aromatic rings. The smallest absolute Gasteiger partial charge is 0.138 e. The van der Waals surface area contributed by atoms with Gasteiger partial charge in [-0.2, -0.15) is 0 Å². The molecule has 0 aromatic carbocycles. The third-order valence-electron chi connectivity index (χ3n) is 3.12. The minimum atomic E-state index is 0.439. The first kappa shape index (κ1) is 10.3. The maximum absolute atomic E-state index is 5.42. The van der Waals surface area contributed by atoms with E-state index in [0.29, 0.717) is 5.92 Å². The van der Waals surface area contributed by atoms with Crippen LogP contribution < -0.4 is 0 Å². The topological polar surface area (TPSA) is 26.5 Å². The average Bonchev–Trinajstić information content (AvgIpc) is 2.86. The fourth-order valence-corrected chi connectivity index (χ4v) is 3.11. The third kappa shape index (κ3) is 1.48. The second-order valence-corrected chi connectivity index (χ2v) is 4.96. The van der Waals surface area contributed by atoms with Crippen LogP contribution in [0.5, 0.6) is 0 Å². The molecule has 4 heteroatoms. The Labute approximate surface area is 103 Å². The predicted octanol–water partition coefficient (Wildman–Crippen LogP) is 2.91. The van der Waals surface area contributed by atoms with Crippen LogP contribution in [0.25, 0.3) is 5.65 Å². The second kappa shape index (κ2) is 3.86. The van der Waals surface area contributed by atoms with Crippen LogP contribution in [-0.4, -0.2) is 22.6 Å². The largest absolute Gasteiger partial charge is 0.381 e. The van der Waals surface area contributed by atoms with Crippen molar-refractivity contribution in [3.63, 3.8) is 0 Å². The van der Waals surface area contributed by atoms with Gasteiger partial charge in [-0.1, -0.05) is 6.07 Å². The summed E-state index contributed by atoms with van der Waals surface area (Å²) in [6.07, 6.45) is 1.07. The number of aromatic nitrogens is 2. The minimum absolute atomic E-state index is 0.439. The summed E-state index contributed by atoms with van der Waals surface area (Å²) in [6.45, 7) is 3.74. The van der Waals surface area contributed by atoms with Gasteiger partial charge in [0.1, 0.15) is 10.3 Å². The molecule has 1 aliphatic heterocycles. The van der Waals surface area contributed by atoms with E-state index in [4.69, 9.17) is 9.72 Å². The molecule has 16 heavy (non-hydrogen) atoms. The molecule has 0 amide bonds. The van der Waals surface area contributed by atoms with Gasteiger partial charge >= 0.3 is 0 Å². The first-order valence-electron chi connectivity index (χ1n) is 5.48. The Balaban J connectivity index is 2.19. The molecule has 0 spiro atoms. The van der Waals surface area contributed by atoms with Crippen molar-refractivity contribution < 1.29 is 4.74 Å². The van der Waals surface area contributed by atoms with E-state index in [-0.39, 0.29) is 0 Å². The van der Waals surface area contributed by atoms with Crippen LogP contribution in [0.15, 0.2) is 22.8 Å². The fraction of sp³-hybridized carbons (Fsp3) is 0.417. The van der Waals surface area contributed by atoms with E-state index >= 15 is 0 Å². The van der Waals surface area contributed by atoms with Gasteiger partial charge in [-0.25, -0.2) is 4.98 Å². The van der Waals surface area contributed by atoms with Crippen LogP contribution in [0, 0.1) is 6.92 Å². The molecule has 3 nitrogen and oxygen atoms in total. The normalized spacial score (nSPS) is 20.8. The lowest BCUT2D eigenvalue weighted by Crippen LogP contribution is -1.99. The van der Waals surface area contributed by atoms with Gasteiger partial charge in [-0.3, -0.25) is 4.40 Å². The number of nitrogens with zero attached hydrogens (tertiary/aromatic N) is 2. The summed E-state index contributed by atoms with van der Waals surface area (Å²) < 4.78 is 8.65. The van der Waals surface area contributed by atoms with E-state index in [9.17, 15) is 0 Å². The van der Waals surface area contributed by atoms with Crippen molar-refractivity contribution in [3.8, 4) is 0 Å². The Kier molecular flexibility index (Phi) is 2.48. The average molecular weight is 281 g/mol. The highest BCUT2D eigenvalue weighted by molar-refractivity contribution is 9.10. The molecule has 1 aliphatic rings. The number of pyridine rings is 1. The molecule has 1 saturated heterocycles. The molecule has 1 fully saturated rings. The highest BCUT2D eigenvalue weighted by Gasteiger charge is 2.24. The van der Waals surface area contributed by atoms with Crippen LogP contribution in [0.4, 0.5) is 0 Å². The highest BCUT2D eigenvalue weighted by atomic mass is 79.9. The number of aryl methyl sites for hydroxylation is 1. The van der Waals surface area contributed by atoms with Gasteiger partial charge in [0.2, 0.25) is 0 Å². The number of halogens is 1. The first-order valence-corrected chi connectivity index (χ1v) is 6.28. The molecule has 2 aromatic heterocycles. The number of ether oxygens (including phenoxy) is 1. The first-order chi connectivity index (χ1) is 7.77. The Bertz CT molecular complexity index is 529. The van der Waals surface area contributed by atoms with Crippen molar-refractivity contribution in [1.29, 1.82) is 0 Å². The zero-order chi connectivity index (χ0) is 11.1. The molecule has 0 N–H and O–H groups in total. The SMILES string of the molecule is Cc1cccc2nc(C3CCOC3)c(Br)n12. The van der Waals surface area contributed by atoms with Gasteiger partial charge < -0.3 is 4.74 Å². The van der Waals surface area contributed by atoms with Gasteiger partial charge in [-0.15, -0.1) is 0 Å². The summed E-state index contributed by atoms with van der Waals surface area (Å²) in [4.78, 5) is 4.69. The molecule has 1 unspecified atom stereocenters. The van der Waals surface area contributed by atoms with E-state index in [0.717, 1.165) is 35.6 Å². The van der Waals surface area contributed by atoms with Crippen molar-refractivity contribution in [2.75, 3.05) is 13.2 Å². The number of imidazole rings is 1. The van der Waals surface area contributed by atoms with E-state index < -0.39 is 0 Å². The maximum Gasteiger partial charge on any atom is 0.138 e. The van der Waals surface area contributed by atoms with Crippen molar-refractivity contribution >= 4 is 21.6 Å². The van der Waals surface area contributed by atoms with Gasteiger partial charge in [0.05, 0.1) is 12.3 Å². The Hall–Kier alpha value is -0.870. The Morgan fingerprint density at radius 1 is 1.50 bits per heavy atom. The lowest BCUT2D eigenvalue weighted by atomic mass is 10.1. The predicted molar refractivity (Wildman–Crippen MR) is 65.8 cm³/mol. The molecule has 0 saturated carbocycles. The Morgan fingerprint density at radius 3 is 3.06 bits per heavy atom. The molecule has 3 rings (SSSR count). The number of rotatable bonds is 1. The zero-order valence-electron chi connectivity index (χ0n) is 9.11. The molecular weight excluding hydrogens is 268 g/mol. The number of fused-ring (bicyclic) bond motifs is 1. The highest BCUT2D eigenvalue weighted by Crippen LogP contribution is 2.31. The fourth-order valence-electron chi connectivity index (χ4n) is 2.24. The molecular formula is C12H13BrN2O. The summed E-state index contributed by atoms with van der Waals surface area (Å²) >= 11 is 3.66. The summed E-state index contributed by atoms with van der Waals surface area (Å²) in [5.41, 5.74) is 3.34. The van der Waals surface area contributed by atoms with Crippen molar-refractivity contribution in [3.05, 3.63) is 34.2 Å². The van der Waals surface area contributed by atoms with Crippen LogP contribution in [-0.2, 0) is 4.74 Å². The number of hydrogen-bond acceptors (Lipinski definition) is 2. The lowest BCUT2D eigenvalue weighted by molar-refractivity contribution is 0.193. The lowest BCUT2D eigenvalue weighted by Gasteiger charge is -2.04. The molecule has 1 atom stereocenters. The van der Waals surface area contributed by atoms with Crippen molar-refractivity contribution in [2.24, 2.45) is 0 Å². The van der Waals surface area contributed by atoms with Crippen molar-refractivity contribution in [1.82, 2.24) is 9.38 Å². The molecule has 0 aliphatic carbocycles. The zero-order valence-corrected chi connectivity index (χ0v) is 10.7. The molecule has 0 radical (unpaired) electrons. The summed E-state index contributed by atoms with van der Waals surface area (Å²) in [5, 5.41) is 0. The van der Waals surface area contributed by atoms with Crippen LogP contribution in [0.2, 0.25) is 0 Å². The summed E-state index contributed by atoms with van der Waals surface area (Å²) in [7, 11) is 0. The minimum Gasteiger partial charge on any atom is -0.381 e. The maximum atomic E-state index is 5.42. The monoisotopic (exact) mass is 280 g/mol. The van der Waals surface area contributed by atoms with Gasteiger partial charge in [0.15, 0.2) is 0 Å². The van der Waals surface area contributed by atoms with Gasteiger partial charge in [-0.05, 0) is 41.4 Å². The number of hydrogen-bond donors (Lipinski definition) is 0. The van der Waals surface area contributed by atoms with Crippen LogP contribution >= 0.6 is 15.9 Å². The molecule has 3 heterocycles. The summed E-state index contributed by atoms with van der Waals surface area (Å²) in [6, 6.07) is 6.17. The van der Waals surface area contributed by atoms with E-state index in [2.05, 4.69) is 33.3 Å². The van der Waals surface area contributed by atoms with E-state index in [1.165, 1.54) is 5.69 Å².